The maximum absolute atomic E-state index is 11.8. The molecule has 0 spiro atoms. The molecule has 7 nitrogen and oxygen atoms in total. The summed E-state index contributed by atoms with van der Waals surface area (Å²) < 4.78 is 0.690. The number of carbonyl (C=O) groups is 1. The van der Waals surface area contributed by atoms with Gasteiger partial charge >= 0.3 is 0 Å². The minimum Gasteiger partial charge on any atom is -0.508 e. The van der Waals surface area contributed by atoms with Crippen LogP contribution in [0.5, 0.6) is 5.75 Å². The fourth-order valence-corrected chi connectivity index (χ4v) is 3.47. The largest absolute Gasteiger partial charge is 0.508 e. The van der Waals surface area contributed by atoms with Crippen LogP contribution in [0.15, 0.2) is 64.0 Å². The summed E-state index contributed by atoms with van der Waals surface area (Å²) in [6.45, 7) is 0. The zero-order valence-electron chi connectivity index (χ0n) is 13.5. The molecule has 3 N–H and O–H groups in total. The second kappa shape index (κ2) is 8.97. The molecular weight excluding hydrogens is 370 g/mol. The van der Waals surface area contributed by atoms with Crippen molar-refractivity contribution >= 4 is 46.0 Å². The van der Waals surface area contributed by atoms with Gasteiger partial charge in [0.1, 0.15) is 5.75 Å². The lowest BCUT2D eigenvalue weighted by atomic mass is 10.2. The summed E-state index contributed by atoms with van der Waals surface area (Å²) in [5.41, 5.74) is 4.06. The molecule has 1 aromatic heterocycles. The third-order valence-electron chi connectivity index (χ3n) is 3.03. The standard InChI is InChI=1S/C17H15N5O2S2/c23-14-8-4-5-12(9-14)10-18-20-15(24)11-25-17-22-21-16(26-17)19-13-6-2-1-3-7-13/h1-10,23H,11H2,(H,19,21)(H,20,24)/b18-10+. The van der Waals surface area contributed by atoms with Gasteiger partial charge in [0, 0.05) is 5.69 Å². The fourth-order valence-electron chi connectivity index (χ4n) is 1.91. The normalized spacial score (nSPS) is 10.8. The molecule has 0 aliphatic rings. The molecule has 0 unspecified atom stereocenters. The highest BCUT2D eigenvalue weighted by Crippen LogP contribution is 2.27. The van der Waals surface area contributed by atoms with Gasteiger partial charge in [-0.15, -0.1) is 10.2 Å². The van der Waals surface area contributed by atoms with Crippen LogP contribution >= 0.6 is 23.1 Å². The number of thioether (sulfide) groups is 1. The van der Waals surface area contributed by atoms with E-state index in [0.29, 0.717) is 15.0 Å². The molecular formula is C17H15N5O2S2. The number of aromatic hydroxyl groups is 1. The SMILES string of the molecule is O=C(CSc1nnc(Nc2ccccc2)s1)N/N=C/c1cccc(O)c1. The Hall–Kier alpha value is -2.91. The number of nitrogens with zero attached hydrogens (tertiary/aromatic N) is 3. The van der Waals surface area contributed by atoms with Crippen molar-refractivity contribution in [2.45, 2.75) is 4.34 Å². The zero-order chi connectivity index (χ0) is 18.2. The van der Waals surface area contributed by atoms with Crippen molar-refractivity contribution in [1.82, 2.24) is 15.6 Å². The molecule has 1 heterocycles. The Morgan fingerprint density at radius 1 is 1.19 bits per heavy atom. The van der Waals surface area contributed by atoms with Crippen molar-refractivity contribution in [2.24, 2.45) is 5.10 Å². The van der Waals surface area contributed by atoms with Crippen molar-refractivity contribution in [2.75, 3.05) is 11.1 Å². The molecule has 9 heteroatoms. The maximum atomic E-state index is 11.8. The van der Waals surface area contributed by atoms with Crippen molar-refractivity contribution in [3.63, 3.8) is 0 Å². The number of hydrogen-bond donors (Lipinski definition) is 3. The second-order valence-electron chi connectivity index (χ2n) is 5.04. The summed E-state index contributed by atoms with van der Waals surface area (Å²) in [5.74, 6) is 0.0725. The molecule has 1 amide bonds. The van der Waals surface area contributed by atoms with E-state index in [4.69, 9.17) is 0 Å². The van der Waals surface area contributed by atoms with E-state index in [2.05, 4.69) is 26.0 Å². The molecule has 3 rings (SSSR count). The first-order valence-corrected chi connectivity index (χ1v) is 9.38. The highest BCUT2D eigenvalue weighted by atomic mass is 32.2. The summed E-state index contributed by atoms with van der Waals surface area (Å²) in [6, 6.07) is 16.3. The number of benzene rings is 2. The summed E-state index contributed by atoms with van der Waals surface area (Å²) in [6.07, 6.45) is 1.47. The molecule has 132 valence electrons. The van der Waals surface area contributed by atoms with Crippen LogP contribution in [0.2, 0.25) is 0 Å². The summed E-state index contributed by atoms with van der Waals surface area (Å²) in [4.78, 5) is 11.8. The van der Waals surface area contributed by atoms with Crippen molar-refractivity contribution in [3.8, 4) is 5.75 Å². The van der Waals surface area contributed by atoms with Gasteiger partial charge in [0.2, 0.25) is 5.13 Å². The van der Waals surface area contributed by atoms with Gasteiger partial charge in [-0.25, -0.2) is 5.43 Å². The van der Waals surface area contributed by atoms with E-state index >= 15 is 0 Å². The van der Waals surface area contributed by atoms with E-state index in [1.807, 2.05) is 30.3 Å². The van der Waals surface area contributed by atoms with Crippen LogP contribution in [-0.4, -0.2) is 33.2 Å². The average Bonchev–Trinajstić information content (AvgIpc) is 3.08. The van der Waals surface area contributed by atoms with Gasteiger partial charge in [-0.2, -0.15) is 5.10 Å². The Morgan fingerprint density at radius 3 is 2.85 bits per heavy atom. The van der Waals surface area contributed by atoms with Crippen LogP contribution < -0.4 is 10.7 Å². The number of rotatable bonds is 7. The lowest BCUT2D eigenvalue weighted by Crippen LogP contribution is -2.19. The van der Waals surface area contributed by atoms with Crippen LogP contribution in [0.4, 0.5) is 10.8 Å². The van der Waals surface area contributed by atoms with Crippen LogP contribution in [0, 0.1) is 0 Å². The first-order chi connectivity index (χ1) is 12.7. The lowest BCUT2D eigenvalue weighted by Gasteiger charge is -1.99. The molecule has 0 bridgehead atoms. The van der Waals surface area contributed by atoms with Gasteiger partial charge in [0.05, 0.1) is 12.0 Å². The number of carbonyl (C=O) groups excluding carboxylic acids is 1. The second-order valence-corrected chi connectivity index (χ2v) is 7.24. The third kappa shape index (κ3) is 5.57. The molecule has 0 atom stereocenters. The van der Waals surface area contributed by atoms with Gasteiger partial charge < -0.3 is 10.4 Å². The summed E-state index contributed by atoms with van der Waals surface area (Å²) in [7, 11) is 0. The third-order valence-corrected chi connectivity index (χ3v) is 5.00. The number of phenols is 1. The van der Waals surface area contributed by atoms with E-state index in [9.17, 15) is 9.90 Å². The number of amides is 1. The topological polar surface area (TPSA) is 99.5 Å². The van der Waals surface area contributed by atoms with E-state index in [1.165, 1.54) is 29.3 Å². The molecule has 0 fully saturated rings. The fraction of sp³-hybridized carbons (Fsp3) is 0.0588. The van der Waals surface area contributed by atoms with Gasteiger partial charge in [0.25, 0.3) is 5.91 Å². The smallest absolute Gasteiger partial charge is 0.250 e. The number of hydrogen-bond acceptors (Lipinski definition) is 8. The van der Waals surface area contributed by atoms with E-state index in [-0.39, 0.29) is 17.4 Å². The molecule has 26 heavy (non-hydrogen) atoms. The van der Waals surface area contributed by atoms with Crippen LogP contribution in [0.25, 0.3) is 0 Å². The minimum absolute atomic E-state index is 0.145. The average molecular weight is 385 g/mol. The Balaban J connectivity index is 1.44. The van der Waals surface area contributed by atoms with Crippen molar-refractivity contribution in [1.29, 1.82) is 0 Å². The van der Waals surface area contributed by atoms with E-state index in [1.54, 1.807) is 24.3 Å². The summed E-state index contributed by atoms with van der Waals surface area (Å²) in [5, 5.41) is 25.1. The van der Waals surface area contributed by atoms with Gasteiger partial charge in [-0.3, -0.25) is 4.79 Å². The highest BCUT2D eigenvalue weighted by molar-refractivity contribution is 8.01. The first-order valence-electron chi connectivity index (χ1n) is 7.58. The highest BCUT2D eigenvalue weighted by Gasteiger charge is 2.08. The molecule has 0 radical (unpaired) electrons. The molecule has 0 aliphatic carbocycles. The molecule has 3 aromatic rings. The first kappa shape index (κ1) is 17.9. The minimum atomic E-state index is -0.251. The number of para-hydroxylation sites is 1. The summed E-state index contributed by atoms with van der Waals surface area (Å²) >= 11 is 2.66. The predicted molar refractivity (Wildman–Crippen MR) is 104 cm³/mol. The number of anilines is 2. The van der Waals surface area contributed by atoms with Crippen LogP contribution in [-0.2, 0) is 4.79 Å². The number of phenolic OH excluding ortho intramolecular Hbond substituents is 1. The quantitative estimate of drug-likeness (QED) is 0.328. The molecule has 0 saturated carbocycles. The Kier molecular flexibility index (Phi) is 6.18. The van der Waals surface area contributed by atoms with Gasteiger partial charge in [0.15, 0.2) is 4.34 Å². The van der Waals surface area contributed by atoms with Gasteiger partial charge in [-0.05, 0) is 29.8 Å². The Labute approximate surface area is 158 Å². The number of nitrogens with one attached hydrogen (secondary N) is 2. The van der Waals surface area contributed by atoms with Crippen molar-refractivity contribution in [3.05, 3.63) is 60.2 Å². The molecule has 2 aromatic carbocycles. The monoisotopic (exact) mass is 385 g/mol. The molecule has 0 saturated heterocycles. The maximum Gasteiger partial charge on any atom is 0.250 e. The Bertz CT molecular complexity index is 899. The number of aromatic nitrogens is 2. The van der Waals surface area contributed by atoms with E-state index in [0.717, 1.165) is 5.69 Å². The Morgan fingerprint density at radius 2 is 2.04 bits per heavy atom. The van der Waals surface area contributed by atoms with Gasteiger partial charge in [-0.1, -0.05) is 53.4 Å². The van der Waals surface area contributed by atoms with E-state index < -0.39 is 0 Å². The van der Waals surface area contributed by atoms with Crippen LogP contribution in [0.1, 0.15) is 5.56 Å². The predicted octanol–water partition coefficient (Wildman–Crippen LogP) is 3.23. The molecule has 0 aliphatic heterocycles. The van der Waals surface area contributed by atoms with Crippen molar-refractivity contribution < 1.29 is 9.90 Å². The number of hydrazone groups is 1. The zero-order valence-corrected chi connectivity index (χ0v) is 15.1. The lowest BCUT2D eigenvalue weighted by molar-refractivity contribution is -0.118. The van der Waals surface area contributed by atoms with Crippen LogP contribution in [0.3, 0.4) is 0 Å².